The summed E-state index contributed by atoms with van der Waals surface area (Å²) in [5.74, 6) is -11.6. The van der Waals surface area contributed by atoms with Crippen LogP contribution in [0.5, 0.6) is 0 Å². The molecule has 2 aromatic heterocycles. The number of hydrogen-bond acceptors (Lipinski definition) is 22. The van der Waals surface area contributed by atoms with Gasteiger partial charge in [-0.2, -0.15) is 4.98 Å². The van der Waals surface area contributed by atoms with Gasteiger partial charge in [0.05, 0.1) is 55.0 Å². The molecular formula is C73H102N6Na2O20. The molecule has 1 aromatic carbocycles. The number of ether oxygens (including phenoxy) is 6. The van der Waals surface area contributed by atoms with Gasteiger partial charge in [-0.25, -0.2) is 4.79 Å². The molecule has 2 amide bonds. The number of aliphatic hydroxyl groups excluding tert-OH is 2. The Kier molecular flexibility index (Phi) is 36.9. The van der Waals surface area contributed by atoms with E-state index in [2.05, 4.69) is 20.3 Å². The Morgan fingerprint density at radius 1 is 0.871 bits per heavy atom. The van der Waals surface area contributed by atoms with Crippen molar-refractivity contribution in [3.63, 3.8) is 0 Å². The summed E-state index contributed by atoms with van der Waals surface area (Å²) < 4.78 is 35.6. The fourth-order valence-electron chi connectivity index (χ4n) is 13.7. The molecule has 2 bridgehead atoms. The molecule has 7 rings (SSSR count). The summed E-state index contributed by atoms with van der Waals surface area (Å²) in [6.07, 6.45) is 13.9. The first-order chi connectivity index (χ1) is 47.0. The fourth-order valence-corrected chi connectivity index (χ4v) is 13.7. The zero-order valence-electron chi connectivity index (χ0n) is 60.7. The van der Waals surface area contributed by atoms with Crippen LogP contribution in [0.4, 0.5) is 5.95 Å². The average Bonchev–Trinajstić information content (AvgIpc) is 1.17. The monoisotopic (exact) mass is 1430 g/mol. The van der Waals surface area contributed by atoms with E-state index in [1.54, 1.807) is 59.4 Å². The van der Waals surface area contributed by atoms with E-state index in [9.17, 15) is 68.7 Å². The largest absolute Gasteiger partial charge is 1.00 e. The number of amides is 2. The molecule has 3 aromatic rings. The number of hydrogen-bond donors (Lipinski definition) is 7. The Morgan fingerprint density at radius 3 is 2.24 bits per heavy atom. The number of fused-ring (bicyclic) bond motifs is 4. The van der Waals surface area contributed by atoms with Crippen LogP contribution in [-0.2, 0) is 74.8 Å². The second-order valence-corrected chi connectivity index (χ2v) is 27.1. The van der Waals surface area contributed by atoms with Crippen LogP contribution in [0.2, 0.25) is 0 Å². The third-order valence-electron chi connectivity index (χ3n) is 19.6. The van der Waals surface area contributed by atoms with Crippen LogP contribution in [0.1, 0.15) is 160 Å². The minimum Gasteiger partial charge on any atom is -0.550 e. The van der Waals surface area contributed by atoms with Gasteiger partial charge in [0.2, 0.25) is 11.7 Å². The van der Waals surface area contributed by atoms with Gasteiger partial charge in [-0.3, -0.25) is 33.8 Å². The van der Waals surface area contributed by atoms with Crippen molar-refractivity contribution in [1.82, 2.24) is 25.2 Å². The van der Waals surface area contributed by atoms with Crippen molar-refractivity contribution in [3.8, 4) is 0 Å². The molecular weight excluding hydrogens is 1330 g/mol. The molecule has 0 unspecified atom stereocenters. The van der Waals surface area contributed by atoms with E-state index in [4.69, 9.17) is 34.2 Å². The van der Waals surface area contributed by atoms with E-state index in [1.165, 1.54) is 24.1 Å². The van der Waals surface area contributed by atoms with Crippen LogP contribution >= 0.6 is 0 Å². The number of cyclic esters (lactones) is 1. The second-order valence-electron chi connectivity index (χ2n) is 27.1. The van der Waals surface area contributed by atoms with E-state index >= 15 is 0 Å². The summed E-state index contributed by atoms with van der Waals surface area (Å²) in [4.78, 5) is 127. The summed E-state index contributed by atoms with van der Waals surface area (Å²) in [6, 6.07) is 3.89. The van der Waals surface area contributed by atoms with Crippen LogP contribution in [0.15, 0.2) is 82.9 Å². The SMILES string of the molecule is CO[C@H]1C[C@@H]2CC[C@@H](C)[C@@](O)(O2)C(=O)C(=O)N2CCCC[C@H]2C(=O)O[C@H]([C@H](C)C[C@@H]2CC[C@@H](OCCO)[C@H](OC)C2)CC(=O)[C@H](C)/C=C(\C)[C@@H](O)[C@@H](OC)C(=O)[C@H](C)C[C@H](C)/C=C/C=C/C=C/1C.Nc1nc2[nH]cc(CCc3ccc(C(=O)N[C@@H](CCC(=O)[O-])C(=O)[O-])cc3)c2c(=O)[nH]1.[Na+].[Na+]. The van der Waals surface area contributed by atoms with Gasteiger partial charge in [0.15, 0.2) is 5.78 Å². The summed E-state index contributed by atoms with van der Waals surface area (Å²) >= 11 is 0. The zero-order valence-corrected chi connectivity index (χ0v) is 64.7. The molecule has 3 aliphatic heterocycles. The van der Waals surface area contributed by atoms with E-state index in [1.807, 2.05) is 58.1 Å². The number of esters is 1. The molecule has 0 radical (unpaired) electrons. The topological polar surface area (TPSA) is 402 Å². The fraction of sp³-hybridized carbons (Fsp3) is 0.616. The van der Waals surface area contributed by atoms with Crippen LogP contribution in [0, 0.1) is 35.5 Å². The van der Waals surface area contributed by atoms with E-state index in [-0.39, 0.29) is 157 Å². The summed E-state index contributed by atoms with van der Waals surface area (Å²) in [5.41, 5.74) is 8.75. The Labute approximate surface area is 635 Å². The molecule has 8 N–H and O–H groups in total. The maximum absolute atomic E-state index is 14.5. The number of Topliss-reactive ketones (excluding diaryl/α,β-unsaturated/α-hetero) is 3. The number of aliphatic hydroxyl groups is 3. The van der Waals surface area contributed by atoms with Crippen molar-refractivity contribution in [1.29, 1.82) is 0 Å². The third kappa shape index (κ3) is 25.1. The molecule has 1 aliphatic carbocycles. The standard InChI is InChI=1S/C53H83NO14.C20H21N5O6.2Na/c1-32-16-12-11-13-17-33(2)44(63-8)30-40-21-19-38(7)53(62,68-40)50(59)51(60)54-23-15-14-18-41(54)52(61)67-45(35(4)28-39-20-22-43(66-25-24-55)46(29-39)64-9)31-42(56)34(3)27-37(6)48(58)49(65-10)47(57)36(5)26-32;21-20-24-16-15(18(29)25-20)12(9-22-16)6-3-10-1-4-11(5-2-10)17(28)23-13(19(30)31)7-8-14(26)27;;/h11-13,16-17,27,32,34-36,38-41,43-46,48-49,55,58,62H,14-15,18-26,28-31H2,1-10H3;1-2,4-5,9,13H,3,6-8H2,(H,23,28)(H,26,27)(H,30,31)(H4,21,22,24,25,29);;/q;;2*+1/p-2/b13-11+,16-12+,33-17+,37-27+;;;/t32-,34-,35-,36-,38-,39+,40+,41+,43-,44+,45+,46-,48-,49+,53-;13-;;/m10../s1. The first-order valence-electron chi connectivity index (χ1n) is 34.4. The number of aromatic nitrogens is 3. The molecule has 3 fully saturated rings. The number of aromatic amines is 2. The van der Waals surface area contributed by atoms with E-state index < -0.39 is 108 Å². The van der Waals surface area contributed by atoms with Crippen molar-refractivity contribution in [3.05, 3.63) is 105 Å². The second kappa shape index (κ2) is 42.4. The number of allylic oxidation sites excluding steroid dienone is 6. The van der Waals surface area contributed by atoms with Gasteiger partial charge in [-0.1, -0.05) is 83.2 Å². The van der Waals surface area contributed by atoms with Crippen molar-refractivity contribution >= 4 is 64.1 Å². The average molecular weight is 1430 g/mol. The van der Waals surface area contributed by atoms with Crippen LogP contribution in [-0.4, -0.2) is 184 Å². The molecule has 0 spiro atoms. The molecule has 28 heteroatoms. The molecule has 5 heterocycles. The minimum atomic E-state index is -2.43. The summed E-state index contributed by atoms with van der Waals surface area (Å²) in [6.45, 7) is 12.9. The maximum Gasteiger partial charge on any atom is 1.00 e. The number of aliphatic carboxylic acids is 2. The van der Waals surface area contributed by atoms with Gasteiger partial charge in [0.1, 0.15) is 35.8 Å². The summed E-state index contributed by atoms with van der Waals surface area (Å²) in [7, 11) is 4.58. The molecule has 2 saturated heterocycles. The van der Waals surface area contributed by atoms with E-state index in [0.717, 1.165) is 23.1 Å². The number of ketones is 3. The number of piperidine rings is 1. The van der Waals surface area contributed by atoms with Gasteiger partial charge in [-0.05, 0) is 156 Å². The van der Waals surface area contributed by atoms with Crippen molar-refractivity contribution in [2.75, 3.05) is 46.8 Å². The number of nitrogens with two attached hydrogens (primary N) is 1. The maximum atomic E-state index is 14.5. The smallest absolute Gasteiger partial charge is 0.550 e. The number of methoxy groups -OCH3 is 3. The third-order valence-corrected chi connectivity index (χ3v) is 19.6. The van der Waals surface area contributed by atoms with Gasteiger partial charge in [0.25, 0.3) is 23.2 Å². The molecule has 1 saturated carbocycles. The summed E-state index contributed by atoms with van der Waals surface area (Å²) in [5, 5.41) is 57.1. The molecule has 101 heavy (non-hydrogen) atoms. The van der Waals surface area contributed by atoms with Gasteiger partial charge >= 0.3 is 65.1 Å². The normalized spacial score (nSPS) is 30.0. The number of nitrogen functional groups attached to an aromatic ring is 1. The number of nitrogens with one attached hydrogen (secondary N) is 3. The van der Waals surface area contributed by atoms with Gasteiger partial charge in [-0.15, -0.1) is 0 Å². The number of carboxylic acids is 2. The van der Waals surface area contributed by atoms with E-state index in [0.29, 0.717) is 87.2 Å². The Balaban J connectivity index is 0.000000546. The van der Waals surface area contributed by atoms with Crippen molar-refractivity contribution < 1.29 is 151 Å². The van der Waals surface area contributed by atoms with Gasteiger partial charge < -0.3 is 84.5 Å². The van der Waals surface area contributed by atoms with Crippen LogP contribution < -0.4 is 85.9 Å². The Bertz CT molecular complexity index is 3450. The number of carbonyl (C=O) groups is 8. The van der Waals surface area contributed by atoms with Crippen molar-refractivity contribution in [2.24, 2.45) is 35.5 Å². The number of carbonyl (C=O) groups excluding carboxylic acids is 8. The Hall–Kier alpha value is -5.56. The van der Waals surface area contributed by atoms with Crippen LogP contribution in [0.3, 0.4) is 0 Å². The predicted octanol–water partition coefficient (Wildman–Crippen LogP) is -1.80. The van der Waals surface area contributed by atoms with Crippen LogP contribution in [0.25, 0.3) is 11.0 Å². The Morgan fingerprint density at radius 2 is 1.58 bits per heavy atom. The first-order valence-corrected chi connectivity index (χ1v) is 34.4. The van der Waals surface area contributed by atoms with Gasteiger partial charge in [0, 0.05) is 76.2 Å². The number of rotatable bonds is 18. The minimum absolute atomic E-state index is 0. The number of H-pyrrole nitrogens is 2. The molecule has 16 atom stereocenters. The van der Waals surface area contributed by atoms with Crippen molar-refractivity contribution in [2.45, 2.75) is 212 Å². The molecule has 4 aliphatic rings. The number of aryl methyl sites for hydroxylation is 2. The number of nitrogens with zero attached hydrogens (tertiary/aromatic N) is 2. The number of anilines is 1. The predicted molar refractivity (Wildman–Crippen MR) is 361 cm³/mol. The quantitative estimate of drug-likeness (QED) is 0.0320. The number of carboxylic acid groups (broad SMARTS) is 2. The first kappa shape index (κ1) is 87.8. The molecule has 26 nitrogen and oxygen atoms in total. The molecule has 546 valence electrons. The number of benzene rings is 1. The zero-order chi connectivity index (χ0) is 72.8.